The first-order chi connectivity index (χ1) is 13.6. The molecule has 0 atom stereocenters. The van der Waals surface area contributed by atoms with Gasteiger partial charge in [0.1, 0.15) is 36.4 Å². The molecule has 0 radical (unpaired) electrons. The van der Waals surface area contributed by atoms with Crippen LogP contribution in [0.3, 0.4) is 0 Å². The van der Waals surface area contributed by atoms with Gasteiger partial charge in [-0.25, -0.2) is 14.2 Å². The van der Waals surface area contributed by atoms with Crippen molar-refractivity contribution in [1.29, 1.82) is 0 Å². The van der Waals surface area contributed by atoms with E-state index in [4.69, 9.17) is 9.47 Å². The molecule has 4 rings (SSSR count). The molecule has 11 heteroatoms. The van der Waals surface area contributed by atoms with Crippen LogP contribution >= 0.6 is 0 Å². The van der Waals surface area contributed by atoms with E-state index in [2.05, 4.69) is 31.3 Å². The summed E-state index contributed by atoms with van der Waals surface area (Å²) in [5.41, 5.74) is 1.20. The Balaban J connectivity index is 1.76. The molecule has 2 aromatic heterocycles. The van der Waals surface area contributed by atoms with Gasteiger partial charge in [-0.15, -0.1) is 0 Å². The summed E-state index contributed by atoms with van der Waals surface area (Å²) >= 11 is 0. The van der Waals surface area contributed by atoms with Crippen LogP contribution in [-0.2, 0) is 0 Å². The third kappa shape index (κ3) is 3.17. The number of carbonyl (C=O) groups excluding carboxylic acids is 1. The molecule has 0 spiro atoms. The standard InChI is InChI=1S/C17H18FN7O3/c1-19-14-7-13(24-16-11(8-21-25(14)16)23-17(26)20-2)22-10-5-9(18)6-12-15(10)28-4-3-27-12/h5-8,19H,3-4H2,1-2H3,(H,22,24)(H2,20,23,26). The van der Waals surface area contributed by atoms with Crippen LogP contribution in [0.15, 0.2) is 24.4 Å². The Hall–Kier alpha value is -3.76. The summed E-state index contributed by atoms with van der Waals surface area (Å²) in [6.07, 6.45) is 1.49. The summed E-state index contributed by atoms with van der Waals surface area (Å²) in [4.78, 5) is 16.2. The molecule has 146 valence electrons. The van der Waals surface area contributed by atoms with Crippen molar-refractivity contribution in [3.63, 3.8) is 0 Å². The molecule has 10 nitrogen and oxygen atoms in total. The molecule has 0 saturated carbocycles. The van der Waals surface area contributed by atoms with Gasteiger partial charge in [0.05, 0.1) is 11.9 Å². The van der Waals surface area contributed by atoms with Crippen LogP contribution in [0.2, 0.25) is 0 Å². The summed E-state index contributed by atoms with van der Waals surface area (Å²) < 4.78 is 26.6. The molecule has 1 aromatic carbocycles. The van der Waals surface area contributed by atoms with E-state index in [9.17, 15) is 9.18 Å². The number of halogens is 1. The summed E-state index contributed by atoms with van der Waals surface area (Å²) in [7, 11) is 3.24. The lowest BCUT2D eigenvalue weighted by Gasteiger charge is -2.21. The highest BCUT2D eigenvalue weighted by molar-refractivity contribution is 5.93. The number of aromatic nitrogens is 3. The van der Waals surface area contributed by atoms with E-state index in [1.54, 1.807) is 13.1 Å². The molecule has 0 aliphatic carbocycles. The summed E-state index contributed by atoms with van der Waals surface area (Å²) in [5, 5.41) is 15.4. The summed E-state index contributed by atoms with van der Waals surface area (Å²) in [6, 6.07) is 3.88. The Morgan fingerprint density at radius 1 is 1.18 bits per heavy atom. The molecular weight excluding hydrogens is 369 g/mol. The minimum absolute atomic E-state index is 0.329. The van der Waals surface area contributed by atoms with Gasteiger partial charge < -0.3 is 30.7 Å². The Kier molecular flexibility index (Phi) is 4.47. The number of fused-ring (bicyclic) bond motifs is 2. The minimum Gasteiger partial charge on any atom is -0.486 e. The lowest BCUT2D eigenvalue weighted by atomic mass is 10.2. The van der Waals surface area contributed by atoms with Gasteiger partial charge in [0.2, 0.25) is 0 Å². The van der Waals surface area contributed by atoms with Crippen molar-refractivity contribution in [3.05, 3.63) is 30.2 Å². The van der Waals surface area contributed by atoms with Crippen molar-refractivity contribution in [2.24, 2.45) is 0 Å². The molecule has 4 N–H and O–H groups in total. The van der Waals surface area contributed by atoms with Gasteiger partial charge >= 0.3 is 6.03 Å². The van der Waals surface area contributed by atoms with E-state index in [1.807, 2.05) is 0 Å². The molecule has 1 aliphatic heterocycles. The predicted octanol–water partition coefficient (Wildman–Crippen LogP) is 2.18. The molecule has 0 unspecified atom stereocenters. The highest BCUT2D eigenvalue weighted by Crippen LogP contribution is 2.40. The first kappa shape index (κ1) is 17.6. The zero-order valence-electron chi connectivity index (χ0n) is 15.2. The number of nitrogens with zero attached hydrogens (tertiary/aromatic N) is 3. The molecular formula is C17H18FN7O3. The zero-order chi connectivity index (χ0) is 19.7. The second-order valence-corrected chi connectivity index (χ2v) is 5.88. The Morgan fingerprint density at radius 3 is 2.79 bits per heavy atom. The third-order valence-electron chi connectivity index (χ3n) is 4.07. The number of anilines is 4. The fourth-order valence-corrected chi connectivity index (χ4v) is 2.83. The van der Waals surface area contributed by atoms with Crippen molar-refractivity contribution < 1.29 is 18.7 Å². The maximum atomic E-state index is 14.0. The SMILES string of the molecule is CNC(=O)Nc1cnn2c(NC)cc(Nc3cc(F)cc4c3OCCO4)nc12. The topological polar surface area (TPSA) is 114 Å². The van der Waals surface area contributed by atoms with Crippen LogP contribution in [0.5, 0.6) is 11.5 Å². The largest absolute Gasteiger partial charge is 0.486 e. The summed E-state index contributed by atoms with van der Waals surface area (Å²) in [6.45, 7) is 0.721. The first-order valence-corrected chi connectivity index (χ1v) is 8.50. The van der Waals surface area contributed by atoms with E-state index in [0.29, 0.717) is 53.4 Å². The van der Waals surface area contributed by atoms with E-state index in [1.165, 1.54) is 29.9 Å². The molecule has 3 aromatic rings. The summed E-state index contributed by atoms with van der Waals surface area (Å²) in [5.74, 6) is 1.29. The number of hydrogen-bond acceptors (Lipinski definition) is 7. The maximum absolute atomic E-state index is 14.0. The second kappa shape index (κ2) is 7.10. The van der Waals surface area contributed by atoms with Crippen LogP contribution in [-0.4, -0.2) is 47.9 Å². The normalized spacial score (nSPS) is 12.5. The van der Waals surface area contributed by atoms with Crippen LogP contribution in [0.25, 0.3) is 5.65 Å². The van der Waals surface area contributed by atoms with Crippen LogP contribution < -0.4 is 30.7 Å². The van der Waals surface area contributed by atoms with Crippen LogP contribution in [0.1, 0.15) is 0 Å². The van der Waals surface area contributed by atoms with Crippen LogP contribution in [0, 0.1) is 5.82 Å². The number of ether oxygens (including phenoxy) is 2. The van der Waals surface area contributed by atoms with Crippen LogP contribution in [0.4, 0.5) is 32.2 Å². The van der Waals surface area contributed by atoms with E-state index < -0.39 is 11.8 Å². The molecule has 2 amide bonds. The average molecular weight is 387 g/mol. The van der Waals surface area contributed by atoms with E-state index >= 15 is 0 Å². The molecule has 0 saturated heterocycles. The number of rotatable bonds is 4. The van der Waals surface area contributed by atoms with Gasteiger partial charge in [-0.05, 0) is 0 Å². The van der Waals surface area contributed by atoms with Crippen molar-refractivity contribution in [3.8, 4) is 11.5 Å². The maximum Gasteiger partial charge on any atom is 0.319 e. The monoisotopic (exact) mass is 387 g/mol. The number of urea groups is 1. The smallest absolute Gasteiger partial charge is 0.319 e. The van der Waals surface area contributed by atoms with Gasteiger partial charge in [-0.2, -0.15) is 9.61 Å². The molecule has 3 heterocycles. The number of nitrogens with one attached hydrogen (secondary N) is 4. The van der Waals surface area contributed by atoms with Crippen molar-refractivity contribution in [1.82, 2.24) is 19.9 Å². The second-order valence-electron chi connectivity index (χ2n) is 5.88. The van der Waals surface area contributed by atoms with Gasteiger partial charge in [0.25, 0.3) is 0 Å². The van der Waals surface area contributed by atoms with Gasteiger partial charge in [0.15, 0.2) is 17.1 Å². The predicted molar refractivity (Wildman–Crippen MR) is 101 cm³/mol. The zero-order valence-corrected chi connectivity index (χ0v) is 15.2. The first-order valence-electron chi connectivity index (χ1n) is 8.50. The number of benzene rings is 1. The lowest BCUT2D eigenvalue weighted by Crippen LogP contribution is -2.24. The number of carbonyl (C=O) groups is 1. The highest BCUT2D eigenvalue weighted by atomic mass is 19.1. The van der Waals surface area contributed by atoms with Gasteiger partial charge in [-0.3, -0.25) is 0 Å². The fraction of sp³-hybridized carbons (Fsp3) is 0.235. The highest BCUT2D eigenvalue weighted by Gasteiger charge is 2.19. The van der Waals surface area contributed by atoms with E-state index in [-0.39, 0.29) is 0 Å². The number of amides is 2. The Morgan fingerprint density at radius 2 is 2.00 bits per heavy atom. The minimum atomic E-state index is -0.465. The van der Waals surface area contributed by atoms with Gasteiger partial charge in [-0.1, -0.05) is 0 Å². The van der Waals surface area contributed by atoms with Crippen molar-refractivity contribution >= 4 is 34.7 Å². The quantitative estimate of drug-likeness (QED) is 0.543. The molecule has 0 fully saturated rings. The average Bonchev–Trinajstić information content (AvgIpc) is 3.09. The fourth-order valence-electron chi connectivity index (χ4n) is 2.83. The van der Waals surface area contributed by atoms with Crippen molar-refractivity contribution in [2.45, 2.75) is 0 Å². The van der Waals surface area contributed by atoms with Gasteiger partial charge in [0, 0.05) is 32.3 Å². The number of hydrogen-bond donors (Lipinski definition) is 4. The Labute approximate surface area is 159 Å². The molecule has 0 bridgehead atoms. The molecule has 28 heavy (non-hydrogen) atoms. The lowest BCUT2D eigenvalue weighted by molar-refractivity contribution is 0.172. The van der Waals surface area contributed by atoms with E-state index in [0.717, 1.165) is 0 Å². The molecule has 1 aliphatic rings. The third-order valence-corrected chi connectivity index (χ3v) is 4.07. The Bertz CT molecular complexity index is 1050. The van der Waals surface area contributed by atoms with Crippen molar-refractivity contribution in [2.75, 3.05) is 43.3 Å².